The van der Waals surface area contributed by atoms with Crippen LogP contribution in [0.3, 0.4) is 0 Å². The van der Waals surface area contributed by atoms with Crippen LogP contribution in [0.15, 0.2) is 84.3 Å². The normalized spacial score (nSPS) is 11.4. The van der Waals surface area contributed by atoms with Crippen LogP contribution in [-0.4, -0.2) is 32.0 Å². The summed E-state index contributed by atoms with van der Waals surface area (Å²) >= 11 is 0. The van der Waals surface area contributed by atoms with Crippen molar-refractivity contribution in [1.29, 1.82) is 0 Å². The fourth-order valence-electron chi connectivity index (χ4n) is 3.88. The first-order valence-corrected chi connectivity index (χ1v) is 12.0. The van der Waals surface area contributed by atoms with E-state index in [9.17, 15) is 18.5 Å². The number of nitro benzene ring substituents is 1. The van der Waals surface area contributed by atoms with Crippen molar-refractivity contribution in [3.63, 3.8) is 0 Å². The highest BCUT2D eigenvalue weighted by atomic mass is 32.2. The predicted molar refractivity (Wildman–Crippen MR) is 131 cm³/mol. The predicted octanol–water partition coefficient (Wildman–Crippen LogP) is 4.67. The van der Waals surface area contributed by atoms with E-state index in [1.54, 1.807) is 7.11 Å². The summed E-state index contributed by atoms with van der Waals surface area (Å²) in [5, 5.41) is 12.2. The summed E-state index contributed by atoms with van der Waals surface area (Å²) in [5.41, 5.74) is 3.81. The number of nitrogens with zero attached hydrogens (tertiary/aromatic N) is 1. The molecule has 0 amide bonds. The van der Waals surface area contributed by atoms with E-state index in [0.29, 0.717) is 6.42 Å². The Balaban J connectivity index is 1.62. The van der Waals surface area contributed by atoms with Gasteiger partial charge in [0.05, 0.1) is 12.0 Å². The van der Waals surface area contributed by atoms with Crippen LogP contribution >= 0.6 is 0 Å². The number of nitrogens with one attached hydrogen (secondary N) is 2. The Kier molecular flexibility index (Phi) is 6.49. The van der Waals surface area contributed by atoms with Gasteiger partial charge in [-0.15, -0.1) is 0 Å². The molecule has 3 aromatic carbocycles. The summed E-state index contributed by atoms with van der Waals surface area (Å²) in [7, 11) is -2.47. The molecule has 9 heteroatoms. The molecule has 8 nitrogen and oxygen atoms in total. The second-order valence-electron chi connectivity index (χ2n) is 7.60. The highest BCUT2D eigenvalue weighted by Gasteiger charge is 2.25. The molecule has 0 atom stereocenters. The quantitative estimate of drug-likeness (QED) is 0.269. The van der Waals surface area contributed by atoms with E-state index >= 15 is 0 Å². The number of benzene rings is 3. The van der Waals surface area contributed by atoms with Crippen molar-refractivity contribution in [1.82, 2.24) is 9.71 Å². The van der Waals surface area contributed by atoms with Gasteiger partial charge in [-0.1, -0.05) is 49.0 Å². The van der Waals surface area contributed by atoms with Crippen LogP contribution in [0.1, 0.15) is 16.8 Å². The molecule has 174 valence electrons. The van der Waals surface area contributed by atoms with E-state index < -0.39 is 20.6 Å². The molecule has 1 heterocycles. The number of sulfonamides is 1. The molecule has 0 saturated carbocycles. The lowest BCUT2D eigenvalue weighted by molar-refractivity contribution is -0.387. The van der Waals surface area contributed by atoms with Gasteiger partial charge in [0.1, 0.15) is 5.75 Å². The number of fused-ring (bicyclic) bond motifs is 1. The van der Waals surface area contributed by atoms with Crippen molar-refractivity contribution >= 4 is 32.2 Å². The lowest BCUT2D eigenvalue weighted by Gasteiger charge is -2.11. The number of nitro groups is 1. The molecule has 0 spiro atoms. The number of hydrogen-bond donors (Lipinski definition) is 2. The minimum Gasteiger partial charge on any atom is -0.497 e. The molecule has 0 aliphatic rings. The van der Waals surface area contributed by atoms with Gasteiger partial charge in [-0.3, -0.25) is 10.1 Å². The van der Waals surface area contributed by atoms with Crippen molar-refractivity contribution in [2.45, 2.75) is 11.3 Å². The van der Waals surface area contributed by atoms with Gasteiger partial charge in [-0.2, -0.15) is 0 Å². The van der Waals surface area contributed by atoms with Gasteiger partial charge < -0.3 is 9.72 Å². The minimum absolute atomic E-state index is 0.0547. The van der Waals surface area contributed by atoms with E-state index in [0.717, 1.165) is 39.0 Å². The first kappa shape index (κ1) is 23.2. The fourth-order valence-corrected chi connectivity index (χ4v) is 5.08. The van der Waals surface area contributed by atoms with Gasteiger partial charge in [0.15, 0.2) is 4.90 Å². The van der Waals surface area contributed by atoms with Gasteiger partial charge in [0.25, 0.3) is 5.69 Å². The average molecular weight is 478 g/mol. The number of hydrogen-bond acceptors (Lipinski definition) is 5. The van der Waals surface area contributed by atoms with Crippen LogP contribution in [-0.2, 0) is 16.4 Å². The second kappa shape index (κ2) is 9.50. The highest BCUT2D eigenvalue weighted by Crippen LogP contribution is 2.31. The monoisotopic (exact) mass is 477 g/mol. The maximum atomic E-state index is 12.8. The summed E-state index contributed by atoms with van der Waals surface area (Å²) in [5.74, 6) is 0.734. The molecule has 0 bridgehead atoms. The molecule has 0 aliphatic carbocycles. The number of rotatable bonds is 9. The number of methoxy groups -OCH3 is 1. The van der Waals surface area contributed by atoms with E-state index in [1.165, 1.54) is 24.3 Å². The number of para-hydroxylation sites is 2. The second-order valence-corrected chi connectivity index (χ2v) is 9.34. The van der Waals surface area contributed by atoms with Crippen molar-refractivity contribution in [2.24, 2.45) is 0 Å². The first-order chi connectivity index (χ1) is 16.3. The van der Waals surface area contributed by atoms with E-state index in [1.807, 2.05) is 48.5 Å². The maximum absolute atomic E-state index is 12.8. The van der Waals surface area contributed by atoms with Crippen LogP contribution in [0.5, 0.6) is 5.75 Å². The molecular weight excluding hydrogens is 454 g/mol. The lowest BCUT2D eigenvalue weighted by Crippen LogP contribution is -2.26. The molecule has 0 radical (unpaired) electrons. The highest BCUT2D eigenvalue weighted by molar-refractivity contribution is 7.89. The zero-order chi connectivity index (χ0) is 24.3. The lowest BCUT2D eigenvalue weighted by atomic mass is 9.98. The fraction of sp³-hybridized carbons (Fsp3) is 0.120. The summed E-state index contributed by atoms with van der Waals surface area (Å²) in [6, 6.07) is 20.5. The third-order valence-corrected chi connectivity index (χ3v) is 7.08. The van der Waals surface area contributed by atoms with Crippen LogP contribution in [0.2, 0.25) is 0 Å². The summed E-state index contributed by atoms with van der Waals surface area (Å²) in [6.45, 7) is 4.31. The molecule has 34 heavy (non-hydrogen) atoms. The van der Waals surface area contributed by atoms with E-state index in [4.69, 9.17) is 4.74 Å². The Morgan fingerprint density at radius 1 is 1.06 bits per heavy atom. The summed E-state index contributed by atoms with van der Waals surface area (Å²) < 4.78 is 33.3. The third kappa shape index (κ3) is 4.57. The Labute approximate surface area is 197 Å². The molecule has 0 aliphatic heterocycles. The van der Waals surface area contributed by atoms with E-state index in [-0.39, 0.29) is 11.4 Å². The van der Waals surface area contributed by atoms with Crippen molar-refractivity contribution < 1.29 is 18.1 Å². The van der Waals surface area contributed by atoms with Crippen LogP contribution in [0.4, 0.5) is 5.69 Å². The topological polar surface area (TPSA) is 114 Å². The molecule has 2 N–H and O–H groups in total. The minimum atomic E-state index is -4.07. The van der Waals surface area contributed by atoms with E-state index in [2.05, 4.69) is 16.3 Å². The Bertz CT molecular complexity index is 1470. The zero-order valence-corrected chi connectivity index (χ0v) is 19.3. The molecule has 0 unspecified atom stereocenters. The van der Waals surface area contributed by atoms with Crippen molar-refractivity contribution in [3.05, 3.63) is 106 Å². The van der Waals surface area contributed by atoms with Gasteiger partial charge in [0.2, 0.25) is 10.0 Å². The molecule has 4 rings (SSSR count). The maximum Gasteiger partial charge on any atom is 0.289 e. The summed E-state index contributed by atoms with van der Waals surface area (Å²) in [6.07, 6.45) is 0.356. The Hall–Kier alpha value is -3.95. The number of H-pyrrole nitrogens is 1. The molecule has 0 fully saturated rings. The molecule has 4 aromatic rings. The largest absolute Gasteiger partial charge is 0.497 e. The standard InChI is InChI=1S/C25H23N3O5S/c1-17(18-11-13-19(33-2)14-12-18)25-21(20-7-3-4-8-22(20)27-25)15-16-26-34(31,32)24-10-6-5-9-23(24)28(29)30/h3-14,26-27H,1,15-16H2,2H3. The molecule has 1 aromatic heterocycles. The summed E-state index contributed by atoms with van der Waals surface area (Å²) in [4.78, 5) is 13.6. The van der Waals surface area contributed by atoms with Crippen LogP contribution in [0.25, 0.3) is 16.5 Å². The van der Waals surface area contributed by atoms with Gasteiger partial charge in [0, 0.05) is 29.2 Å². The van der Waals surface area contributed by atoms with Crippen molar-refractivity contribution in [2.75, 3.05) is 13.7 Å². The number of ether oxygens (including phenoxy) is 1. The smallest absolute Gasteiger partial charge is 0.289 e. The van der Waals surface area contributed by atoms with Gasteiger partial charge in [-0.05, 0) is 47.4 Å². The SMILES string of the molecule is C=C(c1ccc(OC)cc1)c1[nH]c2ccccc2c1CCNS(=O)(=O)c1ccccc1[N+](=O)[O-]. The van der Waals surface area contributed by atoms with Gasteiger partial charge in [-0.25, -0.2) is 13.1 Å². The Morgan fingerprint density at radius 2 is 1.74 bits per heavy atom. The van der Waals surface area contributed by atoms with Crippen LogP contribution in [0, 0.1) is 10.1 Å². The number of aromatic nitrogens is 1. The third-order valence-electron chi connectivity index (χ3n) is 5.57. The molecule has 0 saturated heterocycles. The molecular formula is C25H23N3O5S. The van der Waals surface area contributed by atoms with Gasteiger partial charge >= 0.3 is 0 Å². The average Bonchev–Trinajstić information content (AvgIpc) is 3.22. The zero-order valence-electron chi connectivity index (χ0n) is 18.4. The Morgan fingerprint density at radius 3 is 2.44 bits per heavy atom. The first-order valence-electron chi connectivity index (χ1n) is 10.5. The van der Waals surface area contributed by atoms with Crippen molar-refractivity contribution in [3.8, 4) is 5.75 Å². The number of aromatic amines is 1. The van der Waals surface area contributed by atoms with Crippen LogP contribution < -0.4 is 9.46 Å².